The van der Waals surface area contributed by atoms with Crippen LogP contribution < -0.4 is 9.46 Å². The molecule has 2 aromatic carbocycles. The van der Waals surface area contributed by atoms with Crippen LogP contribution in [-0.2, 0) is 21.4 Å². The van der Waals surface area contributed by atoms with E-state index in [0.717, 1.165) is 5.56 Å². The van der Waals surface area contributed by atoms with Gasteiger partial charge in [-0.1, -0.05) is 51.1 Å². The summed E-state index contributed by atoms with van der Waals surface area (Å²) in [7, 11) is -2.41. The Labute approximate surface area is 218 Å². The minimum absolute atomic E-state index is 0.0803. The predicted octanol–water partition coefficient (Wildman–Crippen LogP) is 4.99. The van der Waals surface area contributed by atoms with Gasteiger partial charge in [0.25, 0.3) is 0 Å². The third kappa shape index (κ3) is 8.77. The topological polar surface area (TPSA) is 141 Å². The molecule has 2 aromatic rings. The van der Waals surface area contributed by atoms with Crippen LogP contribution in [0.5, 0.6) is 5.75 Å². The van der Waals surface area contributed by atoms with Crippen molar-refractivity contribution >= 4 is 27.6 Å². The molecular formula is C26H33N5O5S. The molecule has 0 radical (unpaired) electrons. The standard InChI is InChI=1S/C26H33N5O5S/c1-25(2,3)23(32)21(16-27)29-28-20-15-19(37(34,35)30-26(4,5)6)13-14-22(20)36-24(33)31(7)17-18-11-9-8-10-12-18/h8-15,21,30H,17H2,1-7H3. The molecule has 0 aromatic heterocycles. The van der Waals surface area contributed by atoms with Crippen LogP contribution in [0.1, 0.15) is 47.1 Å². The average molecular weight is 528 g/mol. The lowest BCUT2D eigenvalue weighted by Gasteiger charge is -2.21. The van der Waals surface area contributed by atoms with Gasteiger partial charge in [0.1, 0.15) is 5.69 Å². The SMILES string of the molecule is CN(Cc1ccccc1)C(=O)Oc1ccc(S(=O)(=O)NC(C)(C)C)cc1N=NC(C#N)C(=O)C(C)(C)C. The van der Waals surface area contributed by atoms with Crippen molar-refractivity contribution in [3.63, 3.8) is 0 Å². The fourth-order valence-corrected chi connectivity index (χ4v) is 4.49. The van der Waals surface area contributed by atoms with Crippen molar-refractivity contribution in [1.29, 1.82) is 5.26 Å². The highest BCUT2D eigenvalue weighted by molar-refractivity contribution is 7.89. The third-order valence-electron chi connectivity index (χ3n) is 4.84. The minimum Gasteiger partial charge on any atom is -0.408 e. The number of ketones is 1. The summed E-state index contributed by atoms with van der Waals surface area (Å²) in [5.41, 5.74) is -0.845. The van der Waals surface area contributed by atoms with E-state index in [1.54, 1.807) is 54.7 Å². The quantitative estimate of drug-likeness (QED) is 0.480. The zero-order chi connectivity index (χ0) is 28.0. The number of carbonyl (C=O) groups excluding carboxylic acids is 2. The molecule has 0 bridgehead atoms. The molecule has 198 valence electrons. The third-order valence-corrected chi connectivity index (χ3v) is 6.60. The monoisotopic (exact) mass is 527 g/mol. The maximum atomic E-state index is 12.9. The number of rotatable bonds is 8. The number of ether oxygens (including phenoxy) is 1. The number of carbonyl (C=O) groups is 2. The Balaban J connectivity index is 2.45. The summed E-state index contributed by atoms with van der Waals surface area (Å²) >= 11 is 0. The summed E-state index contributed by atoms with van der Waals surface area (Å²) in [5.74, 6) is -0.540. The van der Waals surface area contributed by atoms with E-state index in [-0.39, 0.29) is 22.9 Å². The van der Waals surface area contributed by atoms with Crippen LogP contribution in [0.4, 0.5) is 10.5 Å². The van der Waals surface area contributed by atoms with Crippen molar-refractivity contribution in [2.45, 2.75) is 64.6 Å². The van der Waals surface area contributed by atoms with Crippen LogP contribution in [0.3, 0.4) is 0 Å². The number of hydrogen-bond donors (Lipinski definition) is 1. The van der Waals surface area contributed by atoms with E-state index in [1.165, 1.54) is 23.1 Å². The molecule has 0 heterocycles. The lowest BCUT2D eigenvalue weighted by Crippen LogP contribution is -2.40. The van der Waals surface area contributed by atoms with Gasteiger partial charge in [0, 0.05) is 24.5 Å². The Hall–Kier alpha value is -3.62. The lowest BCUT2D eigenvalue weighted by atomic mass is 9.87. The first-order valence-corrected chi connectivity index (χ1v) is 13.0. The van der Waals surface area contributed by atoms with Crippen LogP contribution in [0.25, 0.3) is 0 Å². The van der Waals surface area contributed by atoms with Gasteiger partial charge in [0.15, 0.2) is 11.5 Å². The van der Waals surface area contributed by atoms with E-state index < -0.39 is 38.9 Å². The Morgan fingerprint density at radius 2 is 1.70 bits per heavy atom. The van der Waals surface area contributed by atoms with Gasteiger partial charge in [-0.15, -0.1) is 0 Å². The summed E-state index contributed by atoms with van der Waals surface area (Å²) in [6.07, 6.45) is -0.716. The normalized spacial score (nSPS) is 13.1. The Morgan fingerprint density at radius 3 is 2.24 bits per heavy atom. The van der Waals surface area contributed by atoms with Crippen molar-refractivity contribution in [3.8, 4) is 11.8 Å². The molecule has 1 N–H and O–H groups in total. The highest BCUT2D eigenvalue weighted by Crippen LogP contribution is 2.32. The van der Waals surface area contributed by atoms with Gasteiger partial charge >= 0.3 is 6.09 Å². The summed E-state index contributed by atoms with van der Waals surface area (Å²) < 4.78 is 33.8. The fraction of sp³-hybridized carbons (Fsp3) is 0.423. The number of sulfonamides is 1. The van der Waals surface area contributed by atoms with Gasteiger partial charge in [0.2, 0.25) is 16.1 Å². The van der Waals surface area contributed by atoms with Crippen molar-refractivity contribution in [2.75, 3.05) is 7.05 Å². The number of nitrogens with one attached hydrogen (secondary N) is 1. The van der Waals surface area contributed by atoms with E-state index in [1.807, 2.05) is 30.3 Å². The van der Waals surface area contributed by atoms with Gasteiger partial charge in [0.05, 0.1) is 11.0 Å². The first kappa shape index (κ1) is 29.6. The summed E-state index contributed by atoms with van der Waals surface area (Å²) in [5, 5.41) is 17.3. The smallest absolute Gasteiger partial charge is 0.408 e. The van der Waals surface area contributed by atoms with Gasteiger partial charge in [-0.2, -0.15) is 15.5 Å². The zero-order valence-electron chi connectivity index (χ0n) is 22.1. The summed E-state index contributed by atoms with van der Waals surface area (Å²) in [4.78, 5) is 26.5. The largest absolute Gasteiger partial charge is 0.415 e. The number of amides is 1. The molecular weight excluding hydrogens is 494 g/mol. The van der Waals surface area contributed by atoms with E-state index in [0.29, 0.717) is 0 Å². The first-order valence-electron chi connectivity index (χ1n) is 11.5. The molecule has 1 atom stereocenters. The van der Waals surface area contributed by atoms with Gasteiger partial charge in [-0.3, -0.25) is 4.79 Å². The molecule has 1 unspecified atom stereocenters. The Kier molecular flexibility index (Phi) is 9.30. The second kappa shape index (κ2) is 11.6. The Bertz CT molecular complexity index is 1300. The molecule has 37 heavy (non-hydrogen) atoms. The molecule has 0 fully saturated rings. The Morgan fingerprint density at radius 1 is 1.08 bits per heavy atom. The molecule has 11 heteroatoms. The molecule has 0 aliphatic rings. The van der Waals surface area contributed by atoms with E-state index in [2.05, 4.69) is 15.0 Å². The van der Waals surface area contributed by atoms with Crippen LogP contribution in [0.15, 0.2) is 63.7 Å². The van der Waals surface area contributed by atoms with E-state index in [9.17, 15) is 23.3 Å². The minimum atomic E-state index is -3.96. The van der Waals surface area contributed by atoms with Gasteiger partial charge in [-0.05, 0) is 44.5 Å². The maximum Gasteiger partial charge on any atom is 0.415 e. The van der Waals surface area contributed by atoms with Crippen molar-refractivity contribution in [2.24, 2.45) is 15.6 Å². The van der Waals surface area contributed by atoms with Crippen molar-refractivity contribution in [3.05, 3.63) is 54.1 Å². The highest BCUT2D eigenvalue weighted by Gasteiger charge is 2.30. The predicted molar refractivity (Wildman–Crippen MR) is 139 cm³/mol. The molecule has 10 nitrogen and oxygen atoms in total. The van der Waals surface area contributed by atoms with Crippen molar-refractivity contribution in [1.82, 2.24) is 9.62 Å². The first-order chi connectivity index (χ1) is 17.0. The second-order valence-electron chi connectivity index (χ2n) is 10.6. The van der Waals surface area contributed by atoms with Crippen molar-refractivity contribution < 1.29 is 22.7 Å². The molecule has 2 rings (SSSR count). The molecule has 0 saturated heterocycles. The number of nitriles is 1. The van der Waals surface area contributed by atoms with Crippen LogP contribution in [0.2, 0.25) is 0 Å². The number of hydrogen-bond acceptors (Lipinski definition) is 8. The van der Waals surface area contributed by atoms with E-state index in [4.69, 9.17) is 4.74 Å². The molecule has 0 aliphatic heterocycles. The van der Waals surface area contributed by atoms with Crippen LogP contribution in [-0.4, -0.2) is 43.8 Å². The van der Waals surface area contributed by atoms with Crippen LogP contribution in [0, 0.1) is 16.7 Å². The molecule has 0 spiro atoms. The summed E-state index contributed by atoms with van der Waals surface area (Å²) in [6.45, 7) is 10.3. The van der Waals surface area contributed by atoms with E-state index >= 15 is 0 Å². The van der Waals surface area contributed by atoms with Gasteiger partial charge in [-0.25, -0.2) is 17.9 Å². The highest BCUT2D eigenvalue weighted by atomic mass is 32.2. The second-order valence-corrected chi connectivity index (χ2v) is 12.2. The maximum absolute atomic E-state index is 12.9. The number of azo groups is 1. The molecule has 0 aliphatic carbocycles. The average Bonchev–Trinajstić information content (AvgIpc) is 2.78. The number of benzene rings is 2. The lowest BCUT2D eigenvalue weighted by molar-refractivity contribution is -0.126. The van der Waals surface area contributed by atoms with Crippen LogP contribution >= 0.6 is 0 Å². The zero-order valence-corrected chi connectivity index (χ0v) is 23.0. The molecule has 1 amide bonds. The van der Waals surface area contributed by atoms with Gasteiger partial charge < -0.3 is 9.64 Å². The molecule has 0 saturated carbocycles. The number of nitrogens with zero attached hydrogens (tertiary/aromatic N) is 4. The number of Topliss-reactive ketones (excluding diaryl/α,β-unsaturated/α-hetero) is 1. The fourth-order valence-electron chi connectivity index (χ4n) is 3.05. The summed E-state index contributed by atoms with van der Waals surface area (Å²) in [6, 6.07) is 13.4.